The van der Waals surface area contributed by atoms with Crippen molar-refractivity contribution in [3.63, 3.8) is 0 Å². The van der Waals surface area contributed by atoms with Crippen LogP contribution in [0.25, 0.3) is 43.6 Å². The molecule has 53 heavy (non-hydrogen) atoms. The Balaban J connectivity index is 0.000000299. The summed E-state index contributed by atoms with van der Waals surface area (Å²) in [5, 5.41) is 17.1. The fourth-order valence-electron chi connectivity index (χ4n) is 7.15. The summed E-state index contributed by atoms with van der Waals surface area (Å²) in [5.74, 6) is 2.06. The summed E-state index contributed by atoms with van der Waals surface area (Å²) in [6.45, 7) is 25.8. The second-order valence-corrected chi connectivity index (χ2v) is 17.7. The molecule has 0 saturated carbocycles. The number of nitrogens with zero attached hydrogens (tertiary/aromatic N) is 2. The van der Waals surface area contributed by atoms with Gasteiger partial charge in [0.2, 0.25) is 0 Å². The summed E-state index contributed by atoms with van der Waals surface area (Å²) in [6, 6.07) is 16.7. The van der Waals surface area contributed by atoms with Crippen LogP contribution in [0.4, 0.5) is 0 Å². The van der Waals surface area contributed by atoms with Gasteiger partial charge in [-0.2, -0.15) is 0 Å². The Kier molecular flexibility index (Phi) is 12.7. The summed E-state index contributed by atoms with van der Waals surface area (Å²) >= 11 is 0. The standard InChI is InChI=1S/C32H31N2O.C15H28O2.Ir/c1-31(2,3)16-19-8-7-9-22-23-11-13-34-29-25-14-20-18-33-12-10-21(20)26(17-32(4,5)6)30(25)35-27(28(23)29)15-24(19)22;1-7-14(5,8-2)12(16)11-13(17)15(6,9-3)10-4;/h7-13,15,18H,16-17H2,1-6H3;11,16H,7-10H2,1-6H3;/q-1;;/b;12-11-;. The van der Waals surface area contributed by atoms with Crippen molar-refractivity contribution in [3.05, 3.63) is 84.0 Å². The maximum absolute atomic E-state index is 12.2. The van der Waals surface area contributed by atoms with Gasteiger partial charge in [0.1, 0.15) is 11.5 Å². The minimum absolute atomic E-state index is 0. The molecule has 6 heteroatoms. The van der Waals surface area contributed by atoms with Gasteiger partial charge >= 0.3 is 0 Å². The third-order valence-corrected chi connectivity index (χ3v) is 11.3. The van der Waals surface area contributed by atoms with Crippen LogP contribution >= 0.6 is 0 Å². The maximum atomic E-state index is 12.2. The van der Waals surface area contributed by atoms with Crippen molar-refractivity contribution in [2.45, 2.75) is 122 Å². The number of benzene rings is 3. The number of allylic oxidation sites excluding steroid dienone is 2. The second-order valence-electron chi connectivity index (χ2n) is 17.7. The van der Waals surface area contributed by atoms with E-state index in [1.165, 1.54) is 33.4 Å². The molecule has 2 aromatic heterocycles. The quantitative estimate of drug-likeness (QED) is 0.0677. The van der Waals surface area contributed by atoms with Crippen molar-refractivity contribution < 1.29 is 34.7 Å². The fourth-order valence-corrected chi connectivity index (χ4v) is 7.15. The zero-order valence-corrected chi connectivity index (χ0v) is 36.4. The molecule has 5 nitrogen and oxygen atoms in total. The van der Waals surface area contributed by atoms with Crippen LogP contribution in [-0.4, -0.2) is 20.9 Å². The van der Waals surface area contributed by atoms with E-state index in [9.17, 15) is 9.90 Å². The molecule has 5 aromatic rings. The van der Waals surface area contributed by atoms with Crippen molar-refractivity contribution in [1.82, 2.24) is 9.97 Å². The van der Waals surface area contributed by atoms with Crippen LogP contribution in [0.1, 0.15) is 120 Å². The van der Waals surface area contributed by atoms with E-state index in [1.807, 2.05) is 60.1 Å². The predicted octanol–water partition coefficient (Wildman–Crippen LogP) is 13.3. The zero-order chi connectivity index (χ0) is 38.2. The van der Waals surface area contributed by atoms with Crippen LogP contribution in [0.3, 0.4) is 0 Å². The molecule has 1 aliphatic heterocycles. The van der Waals surface area contributed by atoms with Crippen molar-refractivity contribution in [2.24, 2.45) is 21.7 Å². The molecule has 1 aliphatic rings. The van der Waals surface area contributed by atoms with Gasteiger partial charge in [-0.15, -0.1) is 6.07 Å². The maximum Gasteiger partial charge on any atom is 0.164 e. The van der Waals surface area contributed by atoms with E-state index in [2.05, 4.69) is 89.0 Å². The molecule has 0 fully saturated rings. The van der Waals surface area contributed by atoms with Gasteiger partial charge in [-0.25, -0.2) is 0 Å². The van der Waals surface area contributed by atoms with Crippen molar-refractivity contribution >= 4 is 38.1 Å². The van der Waals surface area contributed by atoms with E-state index in [4.69, 9.17) is 9.72 Å². The van der Waals surface area contributed by atoms with Crippen LogP contribution in [0.2, 0.25) is 0 Å². The molecular weight excluding hydrogens is 833 g/mol. The van der Waals surface area contributed by atoms with Crippen LogP contribution in [0, 0.1) is 27.7 Å². The molecule has 1 radical (unpaired) electrons. The monoisotopic (exact) mass is 892 g/mol. The molecule has 0 unspecified atom stereocenters. The van der Waals surface area contributed by atoms with Crippen molar-refractivity contribution in [1.29, 1.82) is 0 Å². The number of aliphatic hydroxyl groups is 1. The van der Waals surface area contributed by atoms with Crippen molar-refractivity contribution in [2.75, 3.05) is 0 Å². The molecule has 3 heterocycles. The molecule has 0 saturated heterocycles. The summed E-state index contributed by atoms with van der Waals surface area (Å²) in [7, 11) is 0. The van der Waals surface area contributed by atoms with Crippen LogP contribution in [0.15, 0.2) is 66.8 Å². The van der Waals surface area contributed by atoms with Gasteiger partial charge in [0.25, 0.3) is 0 Å². The Labute approximate surface area is 331 Å². The number of carbonyl (C=O) groups excluding carboxylic acids is 1. The summed E-state index contributed by atoms with van der Waals surface area (Å²) in [5.41, 5.74) is 4.13. The molecule has 285 valence electrons. The van der Waals surface area contributed by atoms with Crippen LogP contribution < -0.4 is 4.74 Å². The Hall–Kier alpha value is -3.60. The smallest absolute Gasteiger partial charge is 0.164 e. The third-order valence-electron chi connectivity index (χ3n) is 11.3. The Morgan fingerprint density at radius 1 is 0.792 bits per heavy atom. The predicted molar refractivity (Wildman–Crippen MR) is 218 cm³/mol. The molecule has 1 N–H and O–H groups in total. The Morgan fingerprint density at radius 3 is 2.02 bits per heavy atom. The van der Waals surface area contributed by atoms with Gasteiger partial charge in [0.15, 0.2) is 5.78 Å². The van der Waals surface area contributed by atoms with Crippen molar-refractivity contribution in [3.8, 4) is 22.8 Å². The van der Waals surface area contributed by atoms with Crippen LogP contribution in [-0.2, 0) is 37.7 Å². The number of pyridine rings is 2. The average Bonchev–Trinajstić information content (AvgIpc) is 3.10. The van der Waals surface area contributed by atoms with E-state index in [0.717, 1.165) is 77.4 Å². The van der Waals surface area contributed by atoms with Gasteiger partial charge in [-0.3, -0.25) is 9.78 Å². The van der Waals surface area contributed by atoms with Crippen LogP contribution in [0.5, 0.6) is 11.5 Å². The molecule has 0 amide bonds. The number of aliphatic hydroxyl groups excluding tert-OH is 1. The summed E-state index contributed by atoms with van der Waals surface area (Å²) in [4.78, 5) is 21.4. The minimum Gasteiger partial charge on any atom is -0.512 e. The van der Waals surface area contributed by atoms with Gasteiger partial charge in [-0.1, -0.05) is 129 Å². The number of aromatic nitrogens is 2. The largest absolute Gasteiger partial charge is 0.512 e. The normalized spacial score (nSPS) is 13.2. The molecule has 0 bridgehead atoms. The van der Waals surface area contributed by atoms with E-state index in [1.54, 1.807) is 0 Å². The fraction of sp³-hybridized carbons (Fsp3) is 0.468. The van der Waals surface area contributed by atoms with Gasteiger partial charge in [0, 0.05) is 60.5 Å². The summed E-state index contributed by atoms with van der Waals surface area (Å²) < 4.78 is 6.84. The first-order valence-corrected chi connectivity index (χ1v) is 19.2. The molecule has 3 aromatic carbocycles. The first-order chi connectivity index (χ1) is 24.4. The minimum atomic E-state index is -0.337. The SMILES string of the molecule is CC(C)(C)Cc1c2c([c-]c3cnccc13)-c1nccc3c1c(cc1c(CC(C)(C)C)cccc13)O2.CCC(C)(CC)C(=O)/C=C(\O)C(C)(CC)CC.[Ir]. The number of ether oxygens (including phenoxy) is 1. The molecule has 0 atom stereocenters. The number of carbonyl (C=O) groups is 1. The number of fused-ring (bicyclic) bond motifs is 5. The van der Waals surface area contributed by atoms with Gasteiger partial charge in [-0.05, 0) is 89.4 Å². The third kappa shape index (κ3) is 8.71. The number of rotatable bonds is 9. The first-order valence-electron chi connectivity index (χ1n) is 19.2. The Morgan fingerprint density at radius 2 is 1.42 bits per heavy atom. The number of hydrogen-bond acceptors (Lipinski definition) is 5. The number of ketones is 1. The molecular formula is C47H59IrN2O3-. The van der Waals surface area contributed by atoms with Gasteiger partial charge < -0.3 is 14.8 Å². The Bertz CT molecular complexity index is 2140. The van der Waals surface area contributed by atoms with Gasteiger partial charge in [0.05, 0.1) is 5.75 Å². The average molecular weight is 892 g/mol. The first kappa shape index (κ1) is 42.1. The zero-order valence-electron chi connectivity index (χ0n) is 34.0. The van der Waals surface area contributed by atoms with E-state index in [0.29, 0.717) is 0 Å². The molecule has 6 rings (SSSR count). The topological polar surface area (TPSA) is 72.3 Å². The molecule has 0 spiro atoms. The summed E-state index contributed by atoms with van der Waals surface area (Å²) in [6.07, 6.45) is 12.3. The molecule has 0 aliphatic carbocycles. The van der Waals surface area contributed by atoms with E-state index in [-0.39, 0.29) is 53.3 Å². The second kappa shape index (κ2) is 16.0. The van der Waals surface area contributed by atoms with E-state index >= 15 is 0 Å². The van der Waals surface area contributed by atoms with E-state index < -0.39 is 0 Å². The number of hydrogen-bond donors (Lipinski definition) is 1.